The van der Waals surface area contributed by atoms with Gasteiger partial charge in [0.15, 0.2) is 0 Å². The van der Waals surface area contributed by atoms with Crippen molar-refractivity contribution in [1.29, 1.82) is 0 Å². The predicted molar refractivity (Wildman–Crippen MR) is 83.2 cm³/mol. The van der Waals surface area contributed by atoms with Crippen LogP contribution in [0.2, 0.25) is 0 Å². The Labute approximate surface area is 131 Å². The summed E-state index contributed by atoms with van der Waals surface area (Å²) in [4.78, 5) is 10.9. The Kier molecular flexibility index (Phi) is 4.14. The molecule has 0 saturated carbocycles. The summed E-state index contributed by atoms with van der Waals surface area (Å²) >= 11 is 0. The van der Waals surface area contributed by atoms with Gasteiger partial charge in [0.25, 0.3) is 10.0 Å². The molecule has 0 unspecified atom stereocenters. The van der Waals surface area contributed by atoms with Crippen molar-refractivity contribution in [1.82, 2.24) is 4.72 Å². The second-order valence-electron chi connectivity index (χ2n) is 6.32. The SMILES string of the molecule is CC(=O)NS(=O)(=O)c1ccc(B2OC(C)(C)C(C)(C)O2)cc1. The minimum Gasteiger partial charge on any atom is -0.399 e. The maximum atomic E-state index is 11.9. The van der Waals surface area contributed by atoms with E-state index >= 15 is 0 Å². The van der Waals surface area contributed by atoms with E-state index in [9.17, 15) is 13.2 Å². The third kappa shape index (κ3) is 3.18. The summed E-state index contributed by atoms with van der Waals surface area (Å²) in [5, 5.41) is 0. The maximum Gasteiger partial charge on any atom is 0.494 e. The van der Waals surface area contributed by atoms with Crippen molar-refractivity contribution in [3.8, 4) is 0 Å². The molecule has 0 spiro atoms. The monoisotopic (exact) mass is 325 g/mol. The Balaban J connectivity index is 2.23. The first kappa shape index (κ1) is 17.0. The van der Waals surface area contributed by atoms with Crippen molar-refractivity contribution >= 4 is 28.5 Å². The smallest absolute Gasteiger partial charge is 0.399 e. The summed E-state index contributed by atoms with van der Waals surface area (Å²) in [6, 6.07) is 6.09. The molecule has 1 aliphatic rings. The van der Waals surface area contributed by atoms with Gasteiger partial charge in [-0.1, -0.05) is 12.1 Å². The fraction of sp³-hybridized carbons (Fsp3) is 0.500. The second kappa shape index (κ2) is 5.36. The molecule has 0 radical (unpaired) electrons. The summed E-state index contributed by atoms with van der Waals surface area (Å²) in [6.45, 7) is 8.94. The van der Waals surface area contributed by atoms with E-state index in [2.05, 4.69) is 0 Å². The molecule has 0 atom stereocenters. The third-order valence-electron chi connectivity index (χ3n) is 3.99. The van der Waals surface area contributed by atoms with Gasteiger partial charge in [0, 0.05) is 6.92 Å². The van der Waals surface area contributed by atoms with Crippen molar-refractivity contribution in [2.24, 2.45) is 0 Å². The van der Waals surface area contributed by atoms with Gasteiger partial charge in [-0.05, 0) is 45.3 Å². The quantitative estimate of drug-likeness (QED) is 0.832. The number of benzene rings is 1. The van der Waals surface area contributed by atoms with Crippen LogP contribution in [0.3, 0.4) is 0 Å². The zero-order chi connectivity index (χ0) is 16.8. The molecule has 1 aliphatic heterocycles. The Bertz CT molecular complexity index is 666. The highest BCUT2D eigenvalue weighted by atomic mass is 32.2. The van der Waals surface area contributed by atoms with Crippen LogP contribution in [0.1, 0.15) is 34.6 Å². The van der Waals surface area contributed by atoms with Crippen molar-refractivity contribution in [2.75, 3.05) is 0 Å². The zero-order valence-corrected chi connectivity index (χ0v) is 14.2. The van der Waals surface area contributed by atoms with Gasteiger partial charge in [0.1, 0.15) is 0 Å². The highest BCUT2D eigenvalue weighted by Crippen LogP contribution is 2.36. The number of hydrogen-bond donors (Lipinski definition) is 1. The lowest BCUT2D eigenvalue weighted by atomic mass is 9.79. The van der Waals surface area contributed by atoms with Gasteiger partial charge >= 0.3 is 7.12 Å². The molecular weight excluding hydrogens is 305 g/mol. The molecule has 1 amide bonds. The molecule has 8 heteroatoms. The fourth-order valence-electron chi connectivity index (χ4n) is 2.03. The molecular formula is C14H20BNO5S. The van der Waals surface area contributed by atoms with Gasteiger partial charge in [0.2, 0.25) is 5.91 Å². The first-order valence-electron chi connectivity index (χ1n) is 6.94. The Morgan fingerprint density at radius 2 is 1.50 bits per heavy atom. The predicted octanol–water partition coefficient (Wildman–Crippen LogP) is 0.811. The summed E-state index contributed by atoms with van der Waals surface area (Å²) in [5.74, 6) is -0.630. The van der Waals surface area contributed by atoms with Crippen molar-refractivity contribution in [3.05, 3.63) is 24.3 Å². The fourth-order valence-corrected chi connectivity index (χ4v) is 3.02. The lowest BCUT2D eigenvalue weighted by Gasteiger charge is -2.32. The van der Waals surface area contributed by atoms with Gasteiger partial charge in [-0.15, -0.1) is 0 Å². The lowest BCUT2D eigenvalue weighted by molar-refractivity contribution is -0.117. The van der Waals surface area contributed by atoms with Crippen LogP contribution in [0.5, 0.6) is 0 Å². The molecule has 1 fully saturated rings. The van der Waals surface area contributed by atoms with Gasteiger partial charge in [0.05, 0.1) is 16.1 Å². The maximum absolute atomic E-state index is 11.9. The molecule has 0 bridgehead atoms. The molecule has 6 nitrogen and oxygen atoms in total. The minimum absolute atomic E-state index is 0.0166. The van der Waals surface area contributed by atoms with Crippen LogP contribution in [0.15, 0.2) is 29.2 Å². The summed E-state index contributed by atoms with van der Waals surface area (Å²) < 4.78 is 37.5. The molecule has 1 saturated heterocycles. The summed E-state index contributed by atoms with van der Waals surface area (Å²) in [6.07, 6.45) is 0. The third-order valence-corrected chi connectivity index (χ3v) is 5.44. The van der Waals surface area contributed by atoms with Crippen LogP contribution in [0, 0.1) is 0 Å². The first-order chi connectivity index (χ1) is 9.95. The average molecular weight is 325 g/mol. The highest BCUT2D eigenvalue weighted by molar-refractivity contribution is 7.90. The van der Waals surface area contributed by atoms with Crippen LogP contribution >= 0.6 is 0 Å². The van der Waals surface area contributed by atoms with Gasteiger partial charge in [-0.25, -0.2) is 13.1 Å². The van der Waals surface area contributed by atoms with Crippen molar-refractivity contribution in [2.45, 2.75) is 50.7 Å². The normalized spacial score (nSPS) is 20.0. The summed E-state index contributed by atoms with van der Waals surface area (Å²) in [7, 11) is -4.38. The number of sulfonamides is 1. The van der Waals surface area contributed by atoms with Crippen LogP contribution < -0.4 is 10.2 Å². The number of carbonyl (C=O) groups excluding carboxylic acids is 1. The van der Waals surface area contributed by atoms with Crippen LogP contribution in [-0.4, -0.2) is 32.6 Å². The number of hydrogen-bond acceptors (Lipinski definition) is 5. The zero-order valence-electron chi connectivity index (χ0n) is 13.3. The molecule has 2 rings (SSSR count). The Morgan fingerprint density at radius 1 is 1.05 bits per heavy atom. The topological polar surface area (TPSA) is 81.7 Å². The molecule has 120 valence electrons. The van der Waals surface area contributed by atoms with E-state index in [0.717, 1.165) is 12.4 Å². The largest absolute Gasteiger partial charge is 0.494 e. The van der Waals surface area contributed by atoms with E-state index in [0.29, 0.717) is 0 Å². The first-order valence-corrected chi connectivity index (χ1v) is 8.42. The Hall–Kier alpha value is -1.38. The second-order valence-corrected chi connectivity index (χ2v) is 8.00. The number of rotatable bonds is 3. The molecule has 1 N–H and O–H groups in total. The molecule has 0 aliphatic carbocycles. The van der Waals surface area contributed by atoms with Gasteiger partial charge in [-0.3, -0.25) is 4.79 Å². The van der Waals surface area contributed by atoms with Crippen LogP contribution in [0.4, 0.5) is 0 Å². The van der Waals surface area contributed by atoms with E-state index < -0.39 is 34.3 Å². The highest BCUT2D eigenvalue weighted by Gasteiger charge is 2.51. The molecule has 0 aromatic heterocycles. The molecule has 22 heavy (non-hydrogen) atoms. The van der Waals surface area contributed by atoms with E-state index in [1.807, 2.05) is 32.4 Å². The summed E-state index contributed by atoms with van der Waals surface area (Å²) in [5.41, 5.74) is -0.197. The number of carbonyl (C=O) groups is 1. The molecule has 1 aromatic rings. The van der Waals surface area contributed by atoms with E-state index in [1.54, 1.807) is 12.1 Å². The lowest BCUT2D eigenvalue weighted by Crippen LogP contribution is -2.41. The minimum atomic E-state index is -3.83. The molecule has 1 aromatic carbocycles. The number of nitrogens with one attached hydrogen (secondary N) is 1. The van der Waals surface area contributed by atoms with Gasteiger partial charge < -0.3 is 9.31 Å². The number of amides is 1. The Morgan fingerprint density at radius 3 is 1.91 bits per heavy atom. The molecule has 1 heterocycles. The standard InChI is InChI=1S/C14H20BNO5S/c1-10(17)16-22(18,19)12-8-6-11(7-9-12)15-20-13(2,3)14(4,5)21-15/h6-9H,1-5H3,(H,16,17). The van der Waals surface area contributed by atoms with E-state index in [-0.39, 0.29) is 4.90 Å². The van der Waals surface area contributed by atoms with E-state index in [1.165, 1.54) is 12.1 Å². The van der Waals surface area contributed by atoms with Crippen molar-refractivity contribution < 1.29 is 22.5 Å². The van der Waals surface area contributed by atoms with E-state index in [4.69, 9.17) is 9.31 Å². The van der Waals surface area contributed by atoms with Crippen LogP contribution in [-0.2, 0) is 24.1 Å². The van der Waals surface area contributed by atoms with Crippen molar-refractivity contribution in [3.63, 3.8) is 0 Å². The average Bonchev–Trinajstić information content (AvgIpc) is 2.57. The van der Waals surface area contributed by atoms with Gasteiger partial charge in [-0.2, -0.15) is 0 Å². The van der Waals surface area contributed by atoms with Crippen LogP contribution in [0.25, 0.3) is 0 Å².